The zero-order chi connectivity index (χ0) is 18.8. The molecule has 3 rings (SSSR count). The summed E-state index contributed by atoms with van der Waals surface area (Å²) in [5.74, 6) is 0.868. The summed E-state index contributed by atoms with van der Waals surface area (Å²) in [4.78, 5) is 36.4. The smallest absolute Gasteiger partial charge is 0.236 e. The Morgan fingerprint density at radius 2 is 2.19 bits per heavy atom. The van der Waals surface area contributed by atoms with Crippen molar-refractivity contribution >= 4 is 28.7 Å². The van der Waals surface area contributed by atoms with Crippen molar-refractivity contribution in [2.24, 2.45) is 5.92 Å². The second kappa shape index (κ2) is 7.12. The topological polar surface area (TPSA) is 95.1 Å². The number of fused-ring (bicyclic) bond motifs is 1. The first kappa shape index (κ1) is 17.9. The molecule has 0 radical (unpaired) electrons. The van der Waals surface area contributed by atoms with E-state index in [-0.39, 0.29) is 24.3 Å². The van der Waals surface area contributed by atoms with Crippen LogP contribution < -0.4 is 4.90 Å². The van der Waals surface area contributed by atoms with Gasteiger partial charge in [-0.2, -0.15) is 5.26 Å². The van der Waals surface area contributed by atoms with Crippen molar-refractivity contribution in [2.45, 2.75) is 32.7 Å². The fraction of sp³-hybridized carbons (Fsp3) is 0.500. The Balaban J connectivity index is 1.91. The molecule has 0 bridgehead atoms. The molecule has 2 atom stereocenters. The normalized spacial score (nSPS) is 20.0. The van der Waals surface area contributed by atoms with E-state index >= 15 is 0 Å². The fourth-order valence-electron chi connectivity index (χ4n) is 3.59. The largest absolute Gasteiger partial charge is 0.354 e. The van der Waals surface area contributed by atoms with Crippen LogP contribution in [0.4, 0.5) is 5.82 Å². The lowest BCUT2D eigenvalue weighted by Gasteiger charge is -2.42. The molecule has 1 fully saturated rings. The predicted molar refractivity (Wildman–Crippen MR) is 96.6 cm³/mol. The average Bonchev–Trinajstić information content (AvgIpc) is 3.06. The molecule has 1 saturated heterocycles. The second-order valence-electron chi connectivity index (χ2n) is 6.76. The molecule has 136 valence electrons. The standard InChI is InChI=1S/C18H22N6O2/c1-12-5-8-23(16(26)4-7-19)10-15(12)22(3)17-14-6-9-24(13(2)25)18(14)21-11-20-17/h6,9,11-12,15H,4-5,8,10H2,1-3H3/t12-,15+/m1/s1. The van der Waals surface area contributed by atoms with Crippen molar-refractivity contribution in [1.29, 1.82) is 5.26 Å². The van der Waals surface area contributed by atoms with E-state index < -0.39 is 0 Å². The van der Waals surface area contributed by atoms with E-state index in [0.717, 1.165) is 17.6 Å². The predicted octanol–water partition coefficient (Wildman–Crippen LogP) is 1.68. The number of hydrogen-bond acceptors (Lipinski definition) is 6. The van der Waals surface area contributed by atoms with Gasteiger partial charge in [0.1, 0.15) is 18.6 Å². The molecule has 1 amide bonds. The van der Waals surface area contributed by atoms with E-state index in [1.54, 1.807) is 11.1 Å². The van der Waals surface area contributed by atoms with Gasteiger partial charge in [-0.3, -0.25) is 14.2 Å². The fourth-order valence-corrected chi connectivity index (χ4v) is 3.59. The first-order chi connectivity index (χ1) is 12.4. The summed E-state index contributed by atoms with van der Waals surface area (Å²) in [5, 5.41) is 9.59. The van der Waals surface area contributed by atoms with Gasteiger partial charge in [0.2, 0.25) is 11.8 Å². The minimum Gasteiger partial charge on any atom is -0.354 e. The Labute approximate surface area is 152 Å². The maximum atomic E-state index is 12.1. The second-order valence-corrected chi connectivity index (χ2v) is 6.76. The summed E-state index contributed by atoms with van der Waals surface area (Å²) >= 11 is 0. The third-order valence-corrected chi connectivity index (χ3v) is 5.13. The minimum atomic E-state index is -0.131. The Bertz CT molecular complexity index is 883. The van der Waals surface area contributed by atoms with Gasteiger partial charge in [-0.15, -0.1) is 0 Å². The summed E-state index contributed by atoms with van der Waals surface area (Å²) in [6.07, 6.45) is 3.94. The highest BCUT2D eigenvalue weighted by Crippen LogP contribution is 2.29. The number of carbonyl (C=O) groups is 2. The number of amides is 1. The molecule has 0 spiro atoms. The van der Waals surface area contributed by atoms with Crippen LogP contribution in [-0.4, -0.2) is 57.4 Å². The molecular formula is C18H22N6O2. The van der Waals surface area contributed by atoms with Crippen LogP contribution in [0.2, 0.25) is 0 Å². The van der Waals surface area contributed by atoms with Gasteiger partial charge in [0.15, 0.2) is 5.65 Å². The van der Waals surface area contributed by atoms with Crippen LogP contribution in [0.5, 0.6) is 0 Å². The molecule has 1 aliphatic heterocycles. The Hall–Kier alpha value is -2.95. The van der Waals surface area contributed by atoms with Gasteiger partial charge in [0.05, 0.1) is 17.5 Å². The molecule has 0 aromatic carbocycles. The first-order valence-corrected chi connectivity index (χ1v) is 8.64. The molecule has 2 aromatic rings. The Kier molecular flexibility index (Phi) is 4.89. The monoisotopic (exact) mass is 354 g/mol. The third-order valence-electron chi connectivity index (χ3n) is 5.13. The summed E-state index contributed by atoms with van der Waals surface area (Å²) in [7, 11) is 1.95. The van der Waals surface area contributed by atoms with Gasteiger partial charge in [-0.1, -0.05) is 6.92 Å². The van der Waals surface area contributed by atoms with Crippen LogP contribution >= 0.6 is 0 Å². The van der Waals surface area contributed by atoms with Gasteiger partial charge >= 0.3 is 0 Å². The molecule has 8 nitrogen and oxygen atoms in total. The lowest BCUT2D eigenvalue weighted by atomic mass is 9.92. The van der Waals surface area contributed by atoms with Crippen LogP contribution in [0.15, 0.2) is 18.6 Å². The Morgan fingerprint density at radius 1 is 1.42 bits per heavy atom. The number of anilines is 1. The highest BCUT2D eigenvalue weighted by atomic mass is 16.2. The number of hydrogen-bond donors (Lipinski definition) is 0. The van der Waals surface area contributed by atoms with E-state index in [9.17, 15) is 9.59 Å². The SMILES string of the molecule is CC(=O)n1ccc2c(N(C)[C@H]3CN(C(=O)CC#N)CC[C@H]3C)ncnc21. The number of rotatable bonds is 3. The molecule has 0 unspecified atom stereocenters. The number of carbonyl (C=O) groups excluding carboxylic acids is 2. The van der Waals surface area contributed by atoms with Gasteiger partial charge < -0.3 is 9.80 Å². The number of nitrogens with zero attached hydrogens (tertiary/aromatic N) is 6. The van der Waals surface area contributed by atoms with Crippen LogP contribution in [0.1, 0.15) is 31.5 Å². The van der Waals surface area contributed by atoms with Gasteiger partial charge in [0.25, 0.3) is 0 Å². The molecule has 0 saturated carbocycles. The summed E-state index contributed by atoms with van der Waals surface area (Å²) in [6.45, 7) is 4.88. The van der Waals surface area contributed by atoms with Gasteiger partial charge in [0, 0.05) is 33.3 Å². The number of aromatic nitrogens is 3. The zero-order valence-electron chi connectivity index (χ0n) is 15.2. The minimum absolute atomic E-state index is 0.0742. The van der Waals surface area contributed by atoms with Crippen molar-refractivity contribution in [3.05, 3.63) is 18.6 Å². The average molecular weight is 354 g/mol. The molecule has 0 aliphatic carbocycles. The molecule has 8 heteroatoms. The van der Waals surface area contributed by atoms with Gasteiger partial charge in [-0.25, -0.2) is 9.97 Å². The van der Waals surface area contributed by atoms with Crippen molar-refractivity contribution in [3.8, 4) is 6.07 Å². The highest BCUT2D eigenvalue weighted by Gasteiger charge is 2.32. The quantitative estimate of drug-likeness (QED) is 0.832. The number of likely N-dealkylation sites (N-methyl/N-ethyl adjacent to an activating group) is 1. The van der Waals surface area contributed by atoms with E-state index in [0.29, 0.717) is 24.7 Å². The van der Waals surface area contributed by atoms with Crippen LogP contribution in [0.3, 0.4) is 0 Å². The number of piperidine rings is 1. The molecular weight excluding hydrogens is 332 g/mol. The molecule has 3 heterocycles. The number of likely N-dealkylation sites (tertiary alicyclic amines) is 1. The van der Waals surface area contributed by atoms with Crippen molar-refractivity contribution in [3.63, 3.8) is 0 Å². The summed E-state index contributed by atoms with van der Waals surface area (Å²) in [5.41, 5.74) is 0.579. The van der Waals surface area contributed by atoms with E-state index in [1.165, 1.54) is 17.8 Å². The molecule has 1 aliphatic rings. The van der Waals surface area contributed by atoms with Crippen LogP contribution in [-0.2, 0) is 4.79 Å². The van der Waals surface area contributed by atoms with Crippen molar-refractivity contribution < 1.29 is 9.59 Å². The van der Waals surface area contributed by atoms with Crippen molar-refractivity contribution in [2.75, 3.05) is 25.0 Å². The maximum absolute atomic E-state index is 12.1. The summed E-state index contributed by atoms with van der Waals surface area (Å²) < 4.78 is 1.50. The van der Waals surface area contributed by atoms with Crippen LogP contribution in [0.25, 0.3) is 11.0 Å². The molecule has 2 aromatic heterocycles. The first-order valence-electron chi connectivity index (χ1n) is 8.64. The molecule has 0 N–H and O–H groups in total. The van der Waals surface area contributed by atoms with E-state index in [1.807, 2.05) is 19.2 Å². The van der Waals surface area contributed by atoms with E-state index in [4.69, 9.17) is 5.26 Å². The lowest BCUT2D eigenvalue weighted by Crippen LogP contribution is -2.52. The van der Waals surface area contributed by atoms with Gasteiger partial charge in [-0.05, 0) is 18.4 Å². The lowest BCUT2D eigenvalue weighted by molar-refractivity contribution is -0.131. The summed E-state index contributed by atoms with van der Waals surface area (Å²) in [6, 6.07) is 3.85. The van der Waals surface area contributed by atoms with Crippen LogP contribution in [0, 0.1) is 17.2 Å². The van der Waals surface area contributed by atoms with Crippen molar-refractivity contribution in [1.82, 2.24) is 19.4 Å². The Morgan fingerprint density at radius 3 is 2.88 bits per heavy atom. The maximum Gasteiger partial charge on any atom is 0.236 e. The number of nitriles is 1. The molecule has 26 heavy (non-hydrogen) atoms. The third kappa shape index (κ3) is 3.12. The van der Waals surface area contributed by atoms with E-state index in [2.05, 4.69) is 21.8 Å². The zero-order valence-corrected chi connectivity index (χ0v) is 15.2. The highest BCUT2D eigenvalue weighted by molar-refractivity contribution is 5.94.